The van der Waals surface area contributed by atoms with E-state index in [-0.39, 0.29) is 11.5 Å². The summed E-state index contributed by atoms with van der Waals surface area (Å²) in [5, 5.41) is 3.40. The van der Waals surface area contributed by atoms with Crippen molar-refractivity contribution in [3.8, 4) is 11.1 Å². The van der Waals surface area contributed by atoms with Crippen molar-refractivity contribution in [1.82, 2.24) is 14.9 Å². The summed E-state index contributed by atoms with van der Waals surface area (Å²) in [5.41, 5.74) is 6.33. The first-order valence-corrected chi connectivity index (χ1v) is 11.3. The molecule has 6 heteroatoms. The Hall–Kier alpha value is -4.19. The lowest BCUT2D eigenvalue weighted by molar-refractivity contribution is 0.143. The highest BCUT2D eigenvalue weighted by atomic mass is 16.5. The van der Waals surface area contributed by atoms with Gasteiger partial charge in [0.25, 0.3) is 5.56 Å². The molecule has 170 valence electrons. The number of aryl methyl sites for hydroxylation is 1. The number of rotatable bonds is 6. The number of fused-ring (bicyclic) bond motifs is 4. The number of aromatic nitrogens is 2. The zero-order valence-electron chi connectivity index (χ0n) is 18.9. The molecule has 5 rings (SSSR count). The predicted molar refractivity (Wildman–Crippen MR) is 134 cm³/mol. The van der Waals surface area contributed by atoms with Crippen molar-refractivity contribution in [2.45, 2.75) is 12.3 Å². The van der Waals surface area contributed by atoms with Gasteiger partial charge in [-0.2, -0.15) is 0 Å². The number of hydrogen-bond donors (Lipinski definition) is 1. The molecule has 0 radical (unpaired) electrons. The minimum atomic E-state index is -0.421. The first kappa shape index (κ1) is 21.6. The van der Waals surface area contributed by atoms with Crippen molar-refractivity contribution in [2.75, 3.05) is 13.2 Å². The van der Waals surface area contributed by atoms with Crippen LogP contribution in [0.3, 0.4) is 0 Å². The van der Waals surface area contributed by atoms with E-state index >= 15 is 0 Å². The predicted octanol–water partition coefficient (Wildman–Crippen LogP) is 4.88. The number of nitrogens with one attached hydrogen (secondary N) is 1. The summed E-state index contributed by atoms with van der Waals surface area (Å²) in [4.78, 5) is 28.8. The van der Waals surface area contributed by atoms with Crippen LogP contribution in [-0.2, 0) is 11.8 Å². The maximum Gasteiger partial charge on any atom is 0.407 e. The van der Waals surface area contributed by atoms with Gasteiger partial charge in [0.1, 0.15) is 6.61 Å². The number of benzene rings is 3. The summed E-state index contributed by atoms with van der Waals surface area (Å²) in [6.07, 6.45) is 5.65. The van der Waals surface area contributed by atoms with E-state index in [0.29, 0.717) is 30.5 Å². The molecule has 0 spiro atoms. The van der Waals surface area contributed by atoms with Gasteiger partial charge in [-0.05, 0) is 46.4 Å². The van der Waals surface area contributed by atoms with E-state index in [2.05, 4.69) is 34.6 Å². The van der Waals surface area contributed by atoms with E-state index in [1.807, 2.05) is 54.6 Å². The van der Waals surface area contributed by atoms with Gasteiger partial charge in [-0.1, -0.05) is 66.7 Å². The highest BCUT2D eigenvalue weighted by Gasteiger charge is 2.28. The van der Waals surface area contributed by atoms with Gasteiger partial charge in [-0.15, -0.1) is 0 Å². The second-order valence-corrected chi connectivity index (χ2v) is 8.38. The number of hydrogen-bond acceptors (Lipinski definition) is 4. The van der Waals surface area contributed by atoms with E-state index in [0.717, 1.165) is 5.56 Å². The van der Waals surface area contributed by atoms with Crippen LogP contribution in [0.5, 0.6) is 0 Å². The molecule has 0 saturated heterocycles. The third kappa shape index (κ3) is 4.22. The van der Waals surface area contributed by atoms with Gasteiger partial charge in [0.15, 0.2) is 0 Å². The minimum Gasteiger partial charge on any atom is -0.449 e. The van der Waals surface area contributed by atoms with Gasteiger partial charge in [0.05, 0.1) is 17.2 Å². The van der Waals surface area contributed by atoms with Crippen LogP contribution in [0.15, 0.2) is 83.9 Å². The summed E-state index contributed by atoms with van der Waals surface area (Å²) in [6.45, 7) is 0.764. The zero-order valence-corrected chi connectivity index (χ0v) is 18.9. The van der Waals surface area contributed by atoms with Crippen LogP contribution in [0.4, 0.5) is 4.79 Å². The number of ether oxygens (including phenoxy) is 1. The standard InChI is InChI=1S/C28H25N3O3/c1-31-18-30-26-14-13-19(16-24(26)27(31)32)8-6-7-15-29-28(33)34-17-25-22-11-4-2-9-20(22)21-10-3-5-12-23(21)25/h2-6,8-14,16,18,25H,7,15,17H2,1H3,(H,29,33). The molecule has 1 aromatic heterocycles. The molecule has 4 aromatic rings. The quantitative estimate of drug-likeness (QED) is 0.424. The fraction of sp³-hybridized carbons (Fsp3) is 0.179. The minimum absolute atomic E-state index is 0.0492. The lowest BCUT2D eigenvalue weighted by Gasteiger charge is -2.14. The maximum absolute atomic E-state index is 12.3. The van der Waals surface area contributed by atoms with Crippen molar-refractivity contribution in [1.29, 1.82) is 0 Å². The molecule has 1 N–H and O–H groups in total. The Balaban J connectivity index is 1.14. The van der Waals surface area contributed by atoms with E-state index in [1.54, 1.807) is 7.05 Å². The van der Waals surface area contributed by atoms with Crippen molar-refractivity contribution in [3.63, 3.8) is 0 Å². The lowest BCUT2D eigenvalue weighted by atomic mass is 9.98. The number of carbonyl (C=O) groups excluding carboxylic acids is 1. The number of carbonyl (C=O) groups is 1. The van der Waals surface area contributed by atoms with Crippen molar-refractivity contribution in [2.24, 2.45) is 7.05 Å². The van der Waals surface area contributed by atoms with E-state index in [1.165, 1.54) is 33.1 Å². The Labute approximate surface area is 197 Å². The Bertz CT molecular complexity index is 1410. The van der Waals surface area contributed by atoms with Crippen molar-refractivity contribution < 1.29 is 9.53 Å². The second kappa shape index (κ2) is 9.35. The van der Waals surface area contributed by atoms with Gasteiger partial charge in [-0.25, -0.2) is 9.78 Å². The second-order valence-electron chi connectivity index (χ2n) is 8.38. The van der Waals surface area contributed by atoms with Crippen LogP contribution in [0.25, 0.3) is 28.1 Å². The molecule has 0 aliphatic heterocycles. The summed E-state index contributed by atoms with van der Waals surface area (Å²) in [6, 6.07) is 22.1. The summed E-state index contributed by atoms with van der Waals surface area (Å²) < 4.78 is 7.03. The smallest absolute Gasteiger partial charge is 0.407 e. The average molecular weight is 452 g/mol. The van der Waals surface area contributed by atoms with Gasteiger partial charge >= 0.3 is 6.09 Å². The van der Waals surface area contributed by atoms with E-state index in [4.69, 9.17) is 4.74 Å². The molecule has 34 heavy (non-hydrogen) atoms. The molecule has 1 heterocycles. The molecular weight excluding hydrogens is 426 g/mol. The molecule has 6 nitrogen and oxygen atoms in total. The van der Waals surface area contributed by atoms with Gasteiger partial charge in [0.2, 0.25) is 0 Å². The molecule has 0 saturated carbocycles. The third-order valence-corrected chi connectivity index (χ3v) is 6.18. The number of amides is 1. The van der Waals surface area contributed by atoms with Crippen LogP contribution in [-0.4, -0.2) is 28.8 Å². The topological polar surface area (TPSA) is 73.2 Å². The molecule has 0 fully saturated rings. The van der Waals surface area contributed by atoms with Crippen molar-refractivity contribution >= 4 is 23.1 Å². The monoisotopic (exact) mass is 451 g/mol. The van der Waals surface area contributed by atoms with Gasteiger partial charge in [-0.3, -0.25) is 4.79 Å². The molecule has 0 unspecified atom stereocenters. The molecule has 1 aliphatic carbocycles. The first-order chi connectivity index (χ1) is 16.6. The van der Waals surface area contributed by atoms with Crippen LogP contribution in [0.1, 0.15) is 29.0 Å². The summed E-state index contributed by atoms with van der Waals surface area (Å²) >= 11 is 0. The van der Waals surface area contributed by atoms with Crippen molar-refractivity contribution in [3.05, 3.63) is 106 Å². The molecule has 1 amide bonds. The molecule has 1 aliphatic rings. The van der Waals surface area contributed by atoms with Crippen LogP contribution in [0.2, 0.25) is 0 Å². The fourth-order valence-corrected chi connectivity index (χ4v) is 4.46. The SMILES string of the molecule is Cn1cnc2ccc(C=CCCNC(=O)OCC3c4ccccc4-c4ccccc43)cc2c1=O. The highest BCUT2D eigenvalue weighted by Crippen LogP contribution is 2.44. The number of alkyl carbamates (subject to hydrolysis) is 1. The zero-order chi connectivity index (χ0) is 23.5. The average Bonchev–Trinajstić information content (AvgIpc) is 3.19. The molecule has 0 atom stereocenters. The molecule has 3 aromatic carbocycles. The Morgan fingerprint density at radius 3 is 2.50 bits per heavy atom. The van der Waals surface area contributed by atoms with Crippen LogP contribution < -0.4 is 10.9 Å². The number of nitrogens with zero attached hydrogens (tertiary/aromatic N) is 2. The van der Waals surface area contributed by atoms with E-state index in [9.17, 15) is 9.59 Å². The first-order valence-electron chi connectivity index (χ1n) is 11.3. The molecule has 0 bridgehead atoms. The largest absolute Gasteiger partial charge is 0.449 e. The highest BCUT2D eigenvalue weighted by molar-refractivity contribution is 5.80. The third-order valence-electron chi connectivity index (χ3n) is 6.18. The lowest BCUT2D eigenvalue weighted by Crippen LogP contribution is -2.26. The van der Waals surface area contributed by atoms with Gasteiger partial charge in [0, 0.05) is 19.5 Å². The molecular formula is C28H25N3O3. The summed E-state index contributed by atoms with van der Waals surface area (Å²) in [5.74, 6) is 0.0492. The van der Waals surface area contributed by atoms with Crippen LogP contribution in [0, 0.1) is 0 Å². The Morgan fingerprint density at radius 2 is 1.76 bits per heavy atom. The maximum atomic E-state index is 12.3. The van der Waals surface area contributed by atoms with Crippen LogP contribution >= 0.6 is 0 Å². The summed E-state index contributed by atoms with van der Waals surface area (Å²) in [7, 11) is 1.69. The normalized spacial score (nSPS) is 12.6. The Morgan fingerprint density at radius 1 is 1.06 bits per heavy atom. The fourth-order valence-electron chi connectivity index (χ4n) is 4.46. The van der Waals surface area contributed by atoms with Gasteiger partial charge < -0.3 is 14.6 Å². The Kier molecular flexibility index (Phi) is 5.95. The van der Waals surface area contributed by atoms with E-state index < -0.39 is 6.09 Å².